The summed E-state index contributed by atoms with van der Waals surface area (Å²) < 4.78 is 4.90. The van der Waals surface area contributed by atoms with E-state index in [0.717, 1.165) is 12.8 Å². The molecule has 2 aliphatic carbocycles. The van der Waals surface area contributed by atoms with Gasteiger partial charge in [0.05, 0.1) is 18.6 Å². The fraction of sp³-hybridized carbons (Fsp3) is 0.889. The summed E-state index contributed by atoms with van der Waals surface area (Å²) in [5.74, 6) is 0.572. The van der Waals surface area contributed by atoms with Crippen LogP contribution in [0.3, 0.4) is 0 Å². The van der Waals surface area contributed by atoms with Crippen molar-refractivity contribution in [2.24, 2.45) is 17.8 Å². The van der Waals surface area contributed by atoms with E-state index in [1.165, 1.54) is 0 Å². The third-order valence-corrected chi connectivity index (χ3v) is 3.03. The van der Waals surface area contributed by atoms with E-state index in [9.17, 15) is 9.90 Å². The minimum atomic E-state index is -0.246. The fourth-order valence-electron chi connectivity index (χ4n) is 2.42. The molecule has 0 amide bonds. The first-order valence-electron chi connectivity index (χ1n) is 4.60. The summed E-state index contributed by atoms with van der Waals surface area (Å²) in [6.45, 7) is 2.26. The summed E-state index contributed by atoms with van der Waals surface area (Å²) in [5.41, 5.74) is 0. The lowest BCUT2D eigenvalue weighted by atomic mass is 10.1. The number of fused-ring (bicyclic) bond motifs is 1. The summed E-state index contributed by atoms with van der Waals surface area (Å²) in [5, 5.41) is 9.42. The molecule has 0 saturated heterocycles. The third-order valence-electron chi connectivity index (χ3n) is 3.03. The molecule has 0 aliphatic heterocycles. The fourth-order valence-corrected chi connectivity index (χ4v) is 2.42. The quantitative estimate of drug-likeness (QED) is 0.616. The van der Waals surface area contributed by atoms with Gasteiger partial charge in [-0.1, -0.05) is 0 Å². The summed E-state index contributed by atoms with van der Waals surface area (Å²) >= 11 is 0. The first-order chi connectivity index (χ1) is 5.75. The van der Waals surface area contributed by atoms with E-state index in [2.05, 4.69) is 0 Å². The maximum Gasteiger partial charge on any atom is 0.309 e. The number of carbonyl (C=O) groups excluding carboxylic acids is 1. The molecule has 0 bridgehead atoms. The average Bonchev–Trinajstić information content (AvgIpc) is 2.65. The zero-order valence-corrected chi connectivity index (χ0v) is 7.19. The maximum atomic E-state index is 11.2. The number of ether oxygens (including phenoxy) is 1. The van der Waals surface area contributed by atoms with Gasteiger partial charge in [-0.15, -0.1) is 0 Å². The van der Waals surface area contributed by atoms with E-state index in [0.29, 0.717) is 12.5 Å². The molecule has 0 spiro atoms. The maximum absolute atomic E-state index is 11.2. The molecule has 1 N–H and O–H groups in total. The van der Waals surface area contributed by atoms with E-state index in [1.54, 1.807) is 0 Å². The summed E-state index contributed by atoms with van der Waals surface area (Å²) in [6, 6.07) is 0. The summed E-state index contributed by atoms with van der Waals surface area (Å²) in [4.78, 5) is 11.2. The Morgan fingerprint density at radius 2 is 2.33 bits per heavy atom. The van der Waals surface area contributed by atoms with Crippen LogP contribution in [-0.2, 0) is 9.53 Å². The normalized spacial score (nSPS) is 43.8. The number of rotatable bonds is 2. The molecule has 2 rings (SSSR count). The highest BCUT2D eigenvalue weighted by atomic mass is 16.5. The van der Waals surface area contributed by atoms with Crippen molar-refractivity contribution in [3.8, 4) is 0 Å². The van der Waals surface area contributed by atoms with E-state index < -0.39 is 0 Å². The van der Waals surface area contributed by atoms with Gasteiger partial charge in [0, 0.05) is 5.92 Å². The van der Waals surface area contributed by atoms with Crippen molar-refractivity contribution in [2.45, 2.75) is 25.9 Å². The largest absolute Gasteiger partial charge is 0.466 e. The Hall–Kier alpha value is -0.570. The van der Waals surface area contributed by atoms with Crippen LogP contribution in [0.25, 0.3) is 0 Å². The molecule has 2 unspecified atom stereocenters. The van der Waals surface area contributed by atoms with Gasteiger partial charge >= 0.3 is 5.97 Å². The molecule has 0 radical (unpaired) electrons. The molecule has 2 saturated carbocycles. The Bertz CT molecular complexity index is 202. The van der Waals surface area contributed by atoms with Gasteiger partial charge in [-0.25, -0.2) is 0 Å². The number of carbonyl (C=O) groups is 1. The Kier molecular flexibility index (Phi) is 1.83. The van der Waals surface area contributed by atoms with Gasteiger partial charge < -0.3 is 9.84 Å². The van der Waals surface area contributed by atoms with Crippen LogP contribution in [0.1, 0.15) is 19.8 Å². The first kappa shape index (κ1) is 8.05. The van der Waals surface area contributed by atoms with Crippen LogP contribution in [0.2, 0.25) is 0 Å². The van der Waals surface area contributed by atoms with E-state index in [4.69, 9.17) is 4.74 Å². The van der Waals surface area contributed by atoms with E-state index in [1.807, 2.05) is 6.92 Å². The van der Waals surface area contributed by atoms with Crippen LogP contribution < -0.4 is 0 Å². The monoisotopic (exact) mass is 170 g/mol. The van der Waals surface area contributed by atoms with Gasteiger partial charge in [0.2, 0.25) is 0 Å². The Morgan fingerprint density at radius 3 is 2.83 bits per heavy atom. The van der Waals surface area contributed by atoms with Gasteiger partial charge in [-0.2, -0.15) is 0 Å². The molecule has 12 heavy (non-hydrogen) atoms. The SMILES string of the molecule is CCOC(=O)C1C2CC[C@@H](O)[C@@H]21. The number of aliphatic hydroxyl groups excluding tert-OH is 1. The summed E-state index contributed by atoms with van der Waals surface area (Å²) in [6.07, 6.45) is 1.62. The molecule has 3 heteroatoms. The standard InChI is InChI=1S/C9H14O3/c1-2-12-9(11)8-5-3-4-6(10)7(5)8/h5-8,10H,2-4H2,1H3/t5?,6-,7-,8?/m1/s1. The molecule has 3 nitrogen and oxygen atoms in total. The molecular weight excluding hydrogens is 156 g/mol. The van der Waals surface area contributed by atoms with Crippen molar-refractivity contribution in [3.63, 3.8) is 0 Å². The van der Waals surface area contributed by atoms with Gasteiger partial charge in [-0.3, -0.25) is 4.79 Å². The van der Waals surface area contributed by atoms with Crippen LogP contribution in [0.4, 0.5) is 0 Å². The van der Waals surface area contributed by atoms with Gasteiger partial charge in [0.15, 0.2) is 0 Å². The Labute approximate surface area is 71.7 Å². The van der Waals surface area contributed by atoms with Crippen LogP contribution in [0, 0.1) is 17.8 Å². The zero-order chi connectivity index (χ0) is 8.72. The highest BCUT2D eigenvalue weighted by molar-refractivity contribution is 5.77. The Balaban J connectivity index is 1.90. The molecule has 2 aliphatic rings. The zero-order valence-electron chi connectivity index (χ0n) is 7.19. The minimum absolute atomic E-state index is 0.0219. The minimum Gasteiger partial charge on any atom is -0.466 e. The molecule has 2 fully saturated rings. The van der Waals surface area contributed by atoms with Crippen LogP contribution >= 0.6 is 0 Å². The second kappa shape index (κ2) is 2.73. The molecule has 4 atom stereocenters. The summed E-state index contributed by atoms with van der Waals surface area (Å²) in [7, 11) is 0. The highest BCUT2D eigenvalue weighted by Gasteiger charge is 2.61. The third kappa shape index (κ3) is 1.04. The van der Waals surface area contributed by atoms with Crippen molar-refractivity contribution in [1.82, 2.24) is 0 Å². The van der Waals surface area contributed by atoms with E-state index in [-0.39, 0.29) is 23.9 Å². The second-order valence-electron chi connectivity index (χ2n) is 3.66. The molecular formula is C9H14O3. The van der Waals surface area contributed by atoms with Crippen molar-refractivity contribution in [3.05, 3.63) is 0 Å². The van der Waals surface area contributed by atoms with Crippen molar-refractivity contribution in [1.29, 1.82) is 0 Å². The number of aliphatic hydroxyl groups is 1. The smallest absolute Gasteiger partial charge is 0.309 e. The van der Waals surface area contributed by atoms with Gasteiger partial charge in [0.1, 0.15) is 0 Å². The molecule has 68 valence electrons. The van der Waals surface area contributed by atoms with Crippen LogP contribution in [0.5, 0.6) is 0 Å². The Morgan fingerprint density at radius 1 is 1.58 bits per heavy atom. The second-order valence-corrected chi connectivity index (χ2v) is 3.66. The lowest BCUT2D eigenvalue weighted by molar-refractivity contribution is -0.146. The lowest BCUT2D eigenvalue weighted by Gasteiger charge is -2.06. The number of hydrogen-bond acceptors (Lipinski definition) is 3. The van der Waals surface area contributed by atoms with E-state index >= 15 is 0 Å². The van der Waals surface area contributed by atoms with Gasteiger partial charge in [-0.05, 0) is 25.7 Å². The topological polar surface area (TPSA) is 46.5 Å². The first-order valence-corrected chi connectivity index (χ1v) is 4.60. The molecule has 0 aromatic heterocycles. The van der Waals surface area contributed by atoms with Crippen molar-refractivity contribution >= 4 is 5.97 Å². The molecule has 0 aromatic carbocycles. The van der Waals surface area contributed by atoms with Crippen molar-refractivity contribution in [2.75, 3.05) is 6.61 Å². The molecule has 0 heterocycles. The van der Waals surface area contributed by atoms with Crippen molar-refractivity contribution < 1.29 is 14.6 Å². The predicted octanol–water partition coefficient (Wildman–Crippen LogP) is 0.566. The van der Waals surface area contributed by atoms with Gasteiger partial charge in [0.25, 0.3) is 0 Å². The predicted molar refractivity (Wildman–Crippen MR) is 42.3 cm³/mol. The molecule has 0 aromatic rings. The van der Waals surface area contributed by atoms with Crippen LogP contribution in [-0.4, -0.2) is 23.8 Å². The average molecular weight is 170 g/mol. The number of esters is 1. The number of hydrogen-bond donors (Lipinski definition) is 1. The highest BCUT2D eigenvalue weighted by Crippen LogP contribution is 2.57. The lowest BCUT2D eigenvalue weighted by Crippen LogP contribution is -2.15. The van der Waals surface area contributed by atoms with Crippen LogP contribution in [0.15, 0.2) is 0 Å².